The summed E-state index contributed by atoms with van der Waals surface area (Å²) in [6.07, 6.45) is 4.42. The van der Waals surface area contributed by atoms with Crippen molar-refractivity contribution in [1.82, 2.24) is 9.80 Å². The van der Waals surface area contributed by atoms with Gasteiger partial charge >= 0.3 is 0 Å². The Balaban J connectivity index is 0.000000320. The zero-order valence-electron chi connectivity index (χ0n) is 33.0. The summed E-state index contributed by atoms with van der Waals surface area (Å²) in [5.41, 5.74) is 7.94. The van der Waals surface area contributed by atoms with Gasteiger partial charge in [0.05, 0.1) is 0 Å². The Morgan fingerprint density at radius 2 is 0.929 bits per heavy atom. The van der Waals surface area contributed by atoms with Gasteiger partial charge in [-0.15, -0.1) is 0 Å². The van der Waals surface area contributed by atoms with Crippen molar-refractivity contribution < 1.29 is 0 Å². The maximum Gasteiger partial charge on any atom is 0.0186 e. The summed E-state index contributed by atoms with van der Waals surface area (Å²) >= 11 is 0. The molecule has 3 nitrogen and oxygen atoms in total. The van der Waals surface area contributed by atoms with Crippen molar-refractivity contribution >= 4 is 0 Å². The molecule has 0 bridgehead atoms. The summed E-state index contributed by atoms with van der Waals surface area (Å²) in [6, 6.07) is 1.55. The van der Waals surface area contributed by atoms with E-state index >= 15 is 0 Å². The number of hydrogen-bond donors (Lipinski definition) is 1. The molecule has 0 aromatic carbocycles. The Morgan fingerprint density at radius 1 is 0.571 bits per heavy atom. The van der Waals surface area contributed by atoms with Gasteiger partial charge in [-0.25, -0.2) is 0 Å². The van der Waals surface area contributed by atoms with E-state index in [0.29, 0.717) is 32.7 Å². The van der Waals surface area contributed by atoms with Crippen LogP contribution in [-0.2, 0) is 0 Å². The maximum absolute atomic E-state index is 5.35. The van der Waals surface area contributed by atoms with Crippen LogP contribution >= 0.6 is 0 Å². The molecule has 6 atom stereocenters. The highest BCUT2D eigenvalue weighted by atomic mass is 15.3. The van der Waals surface area contributed by atoms with Crippen LogP contribution < -0.4 is 5.73 Å². The number of rotatable bonds is 0. The number of piperidine rings is 1. The largest absolute Gasteiger partial charge is 0.326 e. The highest BCUT2D eigenvalue weighted by molar-refractivity contribution is 5.19. The van der Waals surface area contributed by atoms with Crippen LogP contribution in [0.1, 0.15) is 165 Å². The zero-order chi connectivity index (χ0) is 33.7. The van der Waals surface area contributed by atoms with Crippen LogP contribution in [0.4, 0.5) is 0 Å². The van der Waals surface area contributed by atoms with Crippen molar-refractivity contribution in [1.29, 1.82) is 0 Å². The quantitative estimate of drug-likeness (QED) is 0.304. The molecule has 0 aromatic rings. The molecule has 0 spiro atoms. The normalized spacial score (nSPS) is 31.6. The van der Waals surface area contributed by atoms with Gasteiger partial charge in [0.15, 0.2) is 0 Å². The second-order valence-electron chi connectivity index (χ2n) is 21.9. The minimum absolute atomic E-state index is 0. The molecule has 4 aliphatic rings. The molecule has 3 heteroatoms. The van der Waals surface area contributed by atoms with E-state index in [1.807, 2.05) is 20.8 Å². The second kappa shape index (κ2) is 12.9. The molecule has 2 saturated carbocycles. The Bertz CT molecular complexity index is 786. The maximum atomic E-state index is 5.35. The van der Waals surface area contributed by atoms with Crippen molar-refractivity contribution in [3.63, 3.8) is 0 Å². The highest BCUT2D eigenvalue weighted by Crippen LogP contribution is 2.68. The number of hydrogen-bond acceptors (Lipinski definition) is 3. The summed E-state index contributed by atoms with van der Waals surface area (Å²) in [5.74, 6) is 3.82. The van der Waals surface area contributed by atoms with E-state index in [4.69, 9.17) is 5.73 Å². The predicted molar refractivity (Wildman–Crippen MR) is 190 cm³/mol. The molecule has 2 heterocycles. The standard InChI is InChI=1S/2C15H29N.C5H12.C4H11N/c1-13(2,3)12-11-10(15(11,7)8)9-16(12)14(4,5)6;1-14(2,3)13-12-9-7-8-11(12)10-16(13)15(4,5)6;1-5(2,3)4;1-4(2,3)5/h10-12H,9H2,1-8H3;11-13H,7-10H2,1-6H3;1-4H3;5H2,1-3H3. The number of nitrogens with two attached hydrogens (primary N) is 1. The zero-order valence-corrected chi connectivity index (χ0v) is 33.0. The molecule has 0 aromatic heterocycles. The number of likely N-dealkylation sites (tertiary alicyclic amines) is 2. The molecule has 4 rings (SSSR count). The van der Waals surface area contributed by atoms with E-state index in [1.54, 1.807) is 0 Å². The Kier molecular flexibility index (Phi) is 12.3. The summed E-state index contributed by atoms with van der Waals surface area (Å²) in [4.78, 5) is 5.55. The minimum Gasteiger partial charge on any atom is -0.326 e. The monoisotopic (exact) mass is 592 g/mol. The summed E-state index contributed by atoms with van der Waals surface area (Å²) < 4.78 is 0. The average molecular weight is 592 g/mol. The van der Waals surface area contributed by atoms with Crippen LogP contribution in [0.3, 0.4) is 0 Å². The molecule has 2 aliphatic carbocycles. The third-order valence-corrected chi connectivity index (χ3v) is 9.60. The number of nitrogens with zero attached hydrogens (tertiary/aromatic N) is 2. The lowest BCUT2D eigenvalue weighted by atomic mass is 9.77. The van der Waals surface area contributed by atoms with Crippen LogP contribution in [0.25, 0.3) is 0 Å². The number of fused-ring (bicyclic) bond motifs is 2. The molecule has 0 amide bonds. The minimum atomic E-state index is 0. The fourth-order valence-corrected chi connectivity index (χ4v) is 8.08. The SMILES string of the molecule is CC(C)(C)C.CC(C)(C)C1C2C(CN1C(C)(C)C)C2(C)C.CC(C)(C)C1C2CCCC2CN1C(C)(C)C.CC(C)(C)N. The van der Waals surface area contributed by atoms with E-state index in [1.165, 1.54) is 32.4 Å². The van der Waals surface area contributed by atoms with Crippen LogP contribution in [-0.4, -0.2) is 51.6 Å². The third kappa shape index (κ3) is 11.7. The van der Waals surface area contributed by atoms with E-state index in [9.17, 15) is 0 Å². The summed E-state index contributed by atoms with van der Waals surface area (Å²) in [6.45, 7) is 51.0. The third-order valence-electron chi connectivity index (χ3n) is 9.60. The predicted octanol–water partition coefficient (Wildman–Crippen LogP) is 10.5. The highest BCUT2D eigenvalue weighted by Gasteiger charge is 2.69. The molecular formula is C39H81N3. The first kappa shape index (κ1) is 39.9. The molecular weight excluding hydrogens is 510 g/mol. The van der Waals surface area contributed by atoms with Gasteiger partial charge in [-0.05, 0) is 120 Å². The van der Waals surface area contributed by atoms with Gasteiger partial charge in [0.2, 0.25) is 0 Å². The van der Waals surface area contributed by atoms with Crippen molar-refractivity contribution in [3.05, 3.63) is 0 Å². The molecule has 2 N–H and O–H groups in total. The summed E-state index contributed by atoms with van der Waals surface area (Å²) in [7, 11) is 0. The molecule has 42 heavy (non-hydrogen) atoms. The first-order chi connectivity index (χ1) is 18.2. The first-order valence-corrected chi connectivity index (χ1v) is 17.5. The lowest BCUT2D eigenvalue weighted by molar-refractivity contribution is 0.0211. The second-order valence-corrected chi connectivity index (χ2v) is 21.9. The smallest absolute Gasteiger partial charge is 0.0186 e. The fraction of sp³-hybridized carbons (Fsp3) is 1.00. The van der Waals surface area contributed by atoms with Gasteiger partial charge in [-0.2, -0.15) is 0 Å². The van der Waals surface area contributed by atoms with E-state index in [0.717, 1.165) is 35.8 Å². The average Bonchev–Trinajstić information content (AvgIpc) is 3.16. The summed E-state index contributed by atoms with van der Waals surface area (Å²) in [5, 5.41) is 0. The lowest BCUT2D eigenvalue weighted by Crippen LogP contribution is -2.53. The molecule has 6 unspecified atom stereocenters. The molecule has 4 fully saturated rings. The van der Waals surface area contributed by atoms with Crippen LogP contribution in [0.5, 0.6) is 0 Å². The van der Waals surface area contributed by atoms with Gasteiger partial charge < -0.3 is 5.73 Å². The Hall–Kier alpha value is -0.120. The molecule has 2 saturated heterocycles. The van der Waals surface area contributed by atoms with Crippen LogP contribution in [0, 0.1) is 45.3 Å². The lowest BCUT2D eigenvalue weighted by Gasteiger charge is -2.46. The van der Waals surface area contributed by atoms with Gasteiger partial charge in [0, 0.05) is 41.8 Å². The topological polar surface area (TPSA) is 32.5 Å². The molecule has 0 radical (unpaired) electrons. The van der Waals surface area contributed by atoms with Crippen LogP contribution in [0.15, 0.2) is 0 Å². The van der Waals surface area contributed by atoms with E-state index < -0.39 is 0 Å². The Labute approximate surface area is 266 Å². The van der Waals surface area contributed by atoms with E-state index in [2.05, 4.69) is 134 Å². The van der Waals surface area contributed by atoms with Gasteiger partial charge in [-0.3, -0.25) is 9.80 Å². The van der Waals surface area contributed by atoms with Crippen molar-refractivity contribution in [2.75, 3.05) is 13.1 Å². The van der Waals surface area contributed by atoms with Gasteiger partial charge in [0.1, 0.15) is 0 Å². The van der Waals surface area contributed by atoms with Gasteiger partial charge in [-0.1, -0.05) is 89.5 Å². The fourth-order valence-electron chi connectivity index (χ4n) is 8.08. The van der Waals surface area contributed by atoms with Crippen molar-refractivity contribution in [2.24, 2.45) is 51.1 Å². The van der Waals surface area contributed by atoms with Crippen molar-refractivity contribution in [2.45, 2.75) is 193 Å². The van der Waals surface area contributed by atoms with Crippen LogP contribution in [0.2, 0.25) is 0 Å². The molecule has 2 aliphatic heterocycles. The van der Waals surface area contributed by atoms with Crippen molar-refractivity contribution in [3.8, 4) is 0 Å². The Morgan fingerprint density at radius 3 is 1.26 bits per heavy atom. The first-order valence-electron chi connectivity index (χ1n) is 17.5. The van der Waals surface area contributed by atoms with Gasteiger partial charge in [0.25, 0.3) is 0 Å². The van der Waals surface area contributed by atoms with E-state index in [-0.39, 0.29) is 5.54 Å². The molecule has 252 valence electrons.